The van der Waals surface area contributed by atoms with Gasteiger partial charge in [0.1, 0.15) is 5.75 Å². The highest BCUT2D eigenvalue weighted by atomic mass is 32.1. The molecule has 0 fully saturated rings. The number of thiophene rings is 1. The lowest BCUT2D eigenvalue weighted by Gasteiger charge is -2.15. The maximum atomic E-state index is 12.2. The van der Waals surface area contributed by atoms with E-state index in [1.807, 2.05) is 32.0 Å². The van der Waals surface area contributed by atoms with Crippen molar-refractivity contribution in [2.24, 2.45) is 0 Å². The molecule has 1 heterocycles. The van der Waals surface area contributed by atoms with Crippen LogP contribution in [0.15, 0.2) is 36.4 Å². The van der Waals surface area contributed by atoms with Crippen LogP contribution in [-0.2, 0) is 14.3 Å². The van der Waals surface area contributed by atoms with Crippen LogP contribution in [0.3, 0.4) is 0 Å². The summed E-state index contributed by atoms with van der Waals surface area (Å²) in [5.74, 6) is -0.437. The van der Waals surface area contributed by atoms with Gasteiger partial charge in [0.05, 0.1) is 12.8 Å². The summed E-state index contributed by atoms with van der Waals surface area (Å²) in [6.45, 7) is 5.43. The van der Waals surface area contributed by atoms with Gasteiger partial charge in [-0.1, -0.05) is 6.07 Å². The van der Waals surface area contributed by atoms with Crippen LogP contribution < -0.4 is 10.1 Å². The van der Waals surface area contributed by atoms with Crippen molar-refractivity contribution in [2.75, 3.05) is 12.4 Å². The van der Waals surface area contributed by atoms with E-state index in [0.29, 0.717) is 11.4 Å². The summed E-state index contributed by atoms with van der Waals surface area (Å²) in [4.78, 5) is 26.2. The molecule has 25 heavy (non-hydrogen) atoms. The molecule has 1 aromatic carbocycles. The van der Waals surface area contributed by atoms with Crippen LogP contribution in [0.2, 0.25) is 0 Å². The number of hydrogen-bond acceptors (Lipinski definition) is 5. The van der Waals surface area contributed by atoms with Crippen LogP contribution in [0.25, 0.3) is 6.08 Å². The Morgan fingerprint density at radius 3 is 2.60 bits per heavy atom. The fourth-order valence-corrected chi connectivity index (χ4v) is 2.89. The second kappa shape index (κ2) is 8.48. The second-order valence-electron chi connectivity index (χ2n) is 5.55. The molecule has 0 aliphatic rings. The average molecular weight is 359 g/mol. The van der Waals surface area contributed by atoms with Crippen LogP contribution in [0.4, 0.5) is 5.69 Å². The molecule has 0 saturated carbocycles. The molecule has 0 bridgehead atoms. The van der Waals surface area contributed by atoms with E-state index in [1.165, 1.54) is 20.1 Å². The summed E-state index contributed by atoms with van der Waals surface area (Å²) >= 11 is 1.57. The van der Waals surface area contributed by atoms with Gasteiger partial charge in [-0.15, -0.1) is 11.3 Å². The van der Waals surface area contributed by atoms with E-state index in [4.69, 9.17) is 9.47 Å². The number of carbonyl (C=O) groups is 2. The van der Waals surface area contributed by atoms with Gasteiger partial charge in [0.25, 0.3) is 5.91 Å². The average Bonchev–Trinajstić information content (AvgIpc) is 2.98. The number of benzene rings is 1. The Morgan fingerprint density at radius 1 is 1.20 bits per heavy atom. The van der Waals surface area contributed by atoms with Gasteiger partial charge in [-0.2, -0.15) is 0 Å². The normalized spacial score (nSPS) is 12.0. The standard InChI is InChI=1S/C19H21NO4S/c1-12-5-9-17(23-4)16(11-12)20-19(22)14(3)24-18(21)10-8-15-7-6-13(2)25-15/h5-11,14H,1-4H3,(H,20,22)/b10-8+/t14-/m1/s1. The van der Waals surface area contributed by atoms with Crippen LogP contribution in [0.1, 0.15) is 22.2 Å². The number of amides is 1. The first-order chi connectivity index (χ1) is 11.9. The van der Waals surface area contributed by atoms with Crippen molar-refractivity contribution in [2.45, 2.75) is 26.9 Å². The van der Waals surface area contributed by atoms with Crippen LogP contribution in [-0.4, -0.2) is 25.1 Å². The predicted octanol–water partition coefficient (Wildman–Crippen LogP) is 3.96. The number of esters is 1. The third kappa shape index (κ3) is 5.46. The van der Waals surface area contributed by atoms with Crippen molar-refractivity contribution in [3.05, 3.63) is 51.7 Å². The molecule has 1 N–H and O–H groups in total. The lowest BCUT2D eigenvalue weighted by atomic mass is 10.2. The summed E-state index contributed by atoms with van der Waals surface area (Å²) in [6, 6.07) is 9.34. The number of ether oxygens (including phenoxy) is 2. The largest absolute Gasteiger partial charge is 0.495 e. The molecule has 0 radical (unpaired) electrons. The maximum Gasteiger partial charge on any atom is 0.331 e. The van der Waals surface area contributed by atoms with Crippen molar-refractivity contribution >= 4 is 35.0 Å². The zero-order chi connectivity index (χ0) is 18.4. The van der Waals surface area contributed by atoms with Gasteiger partial charge >= 0.3 is 5.97 Å². The van der Waals surface area contributed by atoms with Crippen LogP contribution >= 0.6 is 11.3 Å². The van der Waals surface area contributed by atoms with E-state index < -0.39 is 18.0 Å². The highest BCUT2D eigenvalue weighted by molar-refractivity contribution is 7.12. The predicted molar refractivity (Wildman–Crippen MR) is 100 cm³/mol. The van der Waals surface area contributed by atoms with E-state index >= 15 is 0 Å². The molecule has 0 unspecified atom stereocenters. The summed E-state index contributed by atoms with van der Waals surface area (Å²) in [5, 5.41) is 2.72. The molecule has 2 aromatic rings. The molecule has 0 aliphatic heterocycles. The smallest absolute Gasteiger partial charge is 0.331 e. The first-order valence-electron chi connectivity index (χ1n) is 7.79. The Labute approximate surface area is 151 Å². The van der Waals surface area contributed by atoms with Gasteiger partial charge in [0.2, 0.25) is 0 Å². The van der Waals surface area contributed by atoms with Crippen molar-refractivity contribution in [3.8, 4) is 5.75 Å². The van der Waals surface area contributed by atoms with Gasteiger partial charge < -0.3 is 14.8 Å². The number of hydrogen-bond donors (Lipinski definition) is 1. The number of aryl methyl sites for hydroxylation is 2. The minimum absolute atomic E-state index is 0.419. The monoisotopic (exact) mass is 359 g/mol. The van der Waals surface area contributed by atoms with Crippen molar-refractivity contribution in [3.63, 3.8) is 0 Å². The summed E-state index contributed by atoms with van der Waals surface area (Å²) in [6.07, 6.45) is 2.07. The van der Waals surface area contributed by atoms with E-state index in [-0.39, 0.29) is 0 Å². The molecule has 1 amide bonds. The topological polar surface area (TPSA) is 64.6 Å². The highest BCUT2D eigenvalue weighted by Gasteiger charge is 2.18. The minimum Gasteiger partial charge on any atom is -0.495 e. The lowest BCUT2D eigenvalue weighted by molar-refractivity contribution is -0.148. The minimum atomic E-state index is -0.924. The molecule has 6 heteroatoms. The Morgan fingerprint density at radius 2 is 1.96 bits per heavy atom. The number of nitrogens with one attached hydrogen (secondary N) is 1. The molecule has 2 rings (SSSR count). The summed E-state index contributed by atoms with van der Waals surface area (Å²) in [7, 11) is 1.53. The molecular formula is C19H21NO4S. The van der Waals surface area contributed by atoms with Crippen LogP contribution in [0.5, 0.6) is 5.75 Å². The number of anilines is 1. The van der Waals surface area contributed by atoms with Gasteiger partial charge in [0.15, 0.2) is 6.10 Å². The summed E-state index contributed by atoms with van der Waals surface area (Å²) < 4.78 is 10.4. The van der Waals surface area contributed by atoms with Gasteiger partial charge in [-0.05, 0) is 56.7 Å². The Balaban J connectivity index is 1.94. The third-order valence-electron chi connectivity index (χ3n) is 3.42. The van der Waals surface area contributed by atoms with Gasteiger partial charge in [-0.25, -0.2) is 4.79 Å². The zero-order valence-corrected chi connectivity index (χ0v) is 15.5. The van der Waals surface area contributed by atoms with Crippen molar-refractivity contribution in [1.29, 1.82) is 0 Å². The van der Waals surface area contributed by atoms with E-state index in [0.717, 1.165) is 15.3 Å². The fourth-order valence-electron chi connectivity index (χ4n) is 2.11. The number of methoxy groups -OCH3 is 1. The molecule has 1 atom stereocenters. The molecule has 1 aromatic heterocycles. The van der Waals surface area contributed by atoms with Crippen molar-refractivity contribution < 1.29 is 19.1 Å². The lowest BCUT2D eigenvalue weighted by Crippen LogP contribution is -2.29. The highest BCUT2D eigenvalue weighted by Crippen LogP contribution is 2.25. The van der Waals surface area contributed by atoms with Gasteiger partial charge in [-0.3, -0.25) is 4.79 Å². The first-order valence-corrected chi connectivity index (χ1v) is 8.61. The number of rotatable bonds is 6. The molecule has 0 spiro atoms. The van der Waals surface area contributed by atoms with Gasteiger partial charge in [0, 0.05) is 15.8 Å². The molecule has 5 nitrogen and oxygen atoms in total. The maximum absolute atomic E-state index is 12.2. The van der Waals surface area contributed by atoms with E-state index in [1.54, 1.807) is 29.5 Å². The SMILES string of the molecule is COc1ccc(C)cc1NC(=O)[C@@H](C)OC(=O)/C=C/c1ccc(C)s1. The molecule has 132 valence electrons. The van der Waals surface area contributed by atoms with E-state index in [2.05, 4.69) is 5.32 Å². The van der Waals surface area contributed by atoms with Crippen LogP contribution in [0, 0.1) is 13.8 Å². The molecule has 0 aliphatic carbocycles. The fraction of sp³-hybridized carbons (Fsp3) is 0.263. The quantitative estimate of drug-likeness (QED) is 0.626. The van der Waals surface area contributed by atoms with E-state index in [9.17, 15) is 9.59 Å². The Kier molecular flexibility index (Phi) is 6.36. The Hall–Kier alpha value is -2.60. The Bertz CT molecular complexity index is 794. The molecular weight excluding hydrogens is 338 g/mol. The first kappa shape index (κ1) is 18.7. The summed E-state index contributed by atoms with van der Waals surface area (Å²) in [5.41, 5.74) is 1.52. The molecule has 0 saturated heterocycles. The second-order valence-corrected chi connectivity index (χ2v) is 6.87. The van der Waals surface area contributed by atoms with Crippen molar-refractivity contribution in [1.82, 2.24) is 0 Å². The number of carbonyl (C=O) groups excluding carboxylic acids is 2. The third-order valence-corrected chi connectivity index (χ3v) is 4.39. The zero-order valence-electron chi connectivity index (χ0n) is 14.7.